The largest absolute Gasteiger partial charge is 0.494 e. The van der Waals surface area contributed by atoms with E-state index in [1.54, 1.807) is 12.1 Å². The molecule has 3 rings (SSSR count). The Kier molecular flexibility index (Phi) is 3.82. The Hall–Kier alpha value is -0.945. The topological polar surface area (TPSA) is 36.9 Å². The van der Waals surface area contributed by atoms with Crippen LogP contribution in [0.1, 0.15) is 25.7 Å². The molecule has 1 aromatic rings. The maximum Gasteiger partial charge on any atom is 0.494 e. The molecule has 0 atom stereocenters. The molecule has 0 unspecified atom stereocenters. The van der Waals surface area contributed by atoms with Gasteiger partial charge < -0.3 is 18.8 Å². The summed E-state index contributed by atoms with van der Waals surface area (Å²) >= 11 is 0. The maximum absolute atomic E-state index is 14.1. The van der Waals surface area contributed by atoms with Crippen LogP contribution in [0, 0.1) is 11.2 Å². The lowest BCUT2D eigenvalue weighted by Gasteiger charge is -2.33. The normalized spacial score (nSPS) is 23.2. The standard InChI is InChI=1S/C14H18BFO4/c1-14(2)8-19-15(20-9-14)10-3-4-11(12(16)7-10)13-17-5-6-18-13/h3-4,7,13H,5-6,8-9H2,1-2H3. The first kappa shape index (κ1) is 14.0. The molecule has 2 aliphatic rings. The summed E-state index contributed by atoms with van der Waals surface area (Å²) in [5, 5.41) is 0. The van der Waals surface area contributed by atoms with Gasteiger partial charge in [0.2, 0.25) is 0 Å². The quantitative estimate of drug-likeness (QED) is 0.772. The van der Waals surface area contributed by atoms with E-state index < -0.39 is 13.4 Å². The molecule has 20 heavy (non-hydrogen) atoms. The average Bonchev–Trinajstić information content (AvgIpc) is 2.92. The summed E-state index contributed by atoms with van der Waals surface area (Å²) in [6, 6.07) is 4.91. The van der Waals surface area contributed by atoms with E-state index >= 15 is 0 Å². The second-order valence-corrected chi connectivity index (χ2v) is 5.97. The third-order valence-electron chi connectivity index (χ3n) is 3.42. The zero-order valence-electron chi connectivity index (χ0n) is 11.7. The van der Waals surface area contributed by atoms with Crippen LogP contribution in [0.2, 0.25) is 0 Å². The van der Waals surface area contributed by atoms with Crippen LogP contribution < -0.4 is 5.46 Å². The van der Waals surface area contributed by atoms with Crippen molar-refractivity contribution in [2.24, 2.45) is 5.41 Å². The van der Waals surface area contributed by atoms with Gasteiger partial charge in [0.05, 0.1) is 13.2 Å². The van der Waals surface area contributed by atoms with E-state index in [1.165, 1.54) is 6.07 Å². The molecule has 0 N–H and O–H groups in total. The molecular formula is C14H18BFO4. The third-order valence-corrected chi connectivity index (χ3v) is 3.42. The van der Waals surface area contributed by atoms with Crippen molar-refractivity contribution in [3.8, 4) is 0 Å². The molecule has 1 aromatic carbocycles. The second-order valence-electron chi connectivity index (χ2n) is 5.97. The van der Waals surface area contributed by atoms with E-state index in [9.17, 15) is 4.39 Å². The fraction of sp³-hybridized carbons (Fsp3) is 0.571. The lowest BCUT2D eigenvalue weighted by molar-refractivity contribution is -0.0464. The number of ether oxygens (including phenoxy) is 2. The first-order valence-electron chi connectivity index (χ1n) is 6.81. The number of hydrogen-bond acceptors (Lipinski definition) is 4. The number of benzene rings is 1. The van der Waals surface area contributed by atoms with Crippen molar-refractivity contribution in [2.45, 2.75) is 20.1 Å². The molecule has 2 fully saturated rings. The van der Waals surface area contributed by atoms with E-state index in [1.807, 2.05) is 0 Å². The molecule has 2 saturated heterocycles. The Morgan fingerprint density at radius 3 is 2.40 bits per heavy atom. The van der Waals surface area contributed by atoms with Crippen molar-refractivity contribution < 1.29 is 23.2 Å². The highest BCUT2D eigenvalue weighted by molar-refractivity contribution is 6.61. The van der Waals surface area contributed by atoms with Crippen LogP contribution >= 0.6 is 0 Å². The highest BCUT2D eigenvalue weighted by Gasteiger charge is 2.34. The van der Waals surface area contributed by atoms with Gasteiger partial charge in [0.25, 0.3) is 0 Å². The van der Waals surface area contributed by atoms with Gasteiger partial charge in [-0.2, -0.15) is 0 Å². The lowest BCUT2D eigenvalue weighted by atomic mass is 9.75. The molecule has 6 heteroatoms. The molecule has 0 aliphatic carbocycles. The molecule has 0 saturated carbocycles. The van der Waals surface area contributed by atoms with Gasteiger partial charge in [-0.1, -0.05) is 26.0 Å². The fourth-order valence-electron chi connectivity index (χ4n) is 2.30. The third kappa shape index (κ3) is 2.88. The highest BCUT2D eigenvalue weighted by Crippen LogP contribution is 2.26. The molecule has 0 spiro atoms. The van der Waals surface area contributed by atoms with Gasteiger partial charge in [0, 0.05) is 24.2 Å². The van der Waals surface area contributed by atoms with Crippen molar-refractivity contribution in [3.63, 3.8) is 0 Å². The SMILES string of the molecule is CC1(C)COB(c2ccc(C3OCCO3)c(F)c2)OC1. The Balaban J connectivity index is 1.73. The van der Waals surface area contributed by atoms with E-state index in [0.29, 0.717) is 37.5 Å². The zero-order chi connectivity index (χ0) is 14.2. The van der Waals surface area contributed by atoms with Gasteiger partial charge in [0.15, 0.2) is 6.29 Å². The van der Waals surface area contributed by atoms with Gasteiger partial charge in [-0.15, -0.1) is 0 Å². The van der Waals surface area contributed by atoms with Crippen molar-refractivity contribution in [2.75, 3.05) is 26.4 Å². The Morgan fingerprint density at radius 2 is 1.80 bits per heavy atom. The van der Waals surface area contributed by atoms with Gasteiger partial charge in [0.1, 0.15) is 5.82 Å². The summed E-state index contributed by atoms with van der Waals surface area (Å²) < 4.78 is 36.0. The van der Waals surface area contributed by atoms with Crippen molar-refractivity contribution >= 4 is 12.6 Å². The van der Waals surface area contributed by atoms with Crippen LogP contribution in [0.3, 0.4) is 0 Å². The smallest absolute Gasteiger partial charge is 0.407 e. The van der Waals surface area contributed by atoms with Crippen molar-refractivity contribution in [1.82, 2.24) is 0 Å². The van der Waals surface area contributed by atoms with Gasteiger partial charge in [-0.25, -0.2) is 4.39 Å². The minimum atomic E-state index is -0.601. The number of halogens is 1. The van der Waals surface area contributed by atoms with E-state index in [2.05, 4.69) is 13.8 Å². The molecule has 2 aliphatic heterocycles. The summed E-state index contributed by atoms with van der Waals surface area (Å²) in [5.74, 6) is -0.355. The van der Waals surface area contributed by atoms with E-state index in [0.717, 1.165) is 0 Å². The van der Waals surface area contributed by atoms with Gasteiger partial charge in [-0.3, -0.25) is 0 Å². The van der Waals surface area contributed by atoms with Crippen LogP contribution in [0.5, 0.6) is 0 Å². The first-order chi connectivity index (χ1) is 9.55. The molecule has 108 valence electrons. The zero-order valence-corrected chi connectivity index (χ0v) is 11.7. The number of hydrogen-bond donors (Lipinski definition) is 0. The molecule has 0 aromatic heterocycles. The number of rotatable bonds is 2. The summed E-state index contributed by atoms with van der Waals surface area (Å²) in [4.78, 5) is 0. The Morgan fingerprint density at radius 1 is 1.15 bits per heavy atom. The molecule has 0 amide bonds. The summed E-state index contributed by atoms with van der Waals surface area (Å²) in [6.07, 6.45) is -0.601. The minimum Gasteiger partial charge on any atom is -0.407 e. The Labute approximate surface area is 118 Å². The highest BCUT2D eigenvalue weighted by atomic mass is 19.1. The molecule has 2 heterocycles. The Bertz CT molecular complexity index is 478. The van der Waals surface area contributed by atoms with Crippen LogP contribution in [0.4, 0.5) is 4.39 Å². The molecule has 0 radical (unpaired) electrons. The van der Waals surface area contributed by atoms with E-state index in [4.69, 9.17) is 18.8 Å². The van der Waals surface area contributed by atoms with Gasteiger partial charge >= 0.3 is 7.12 Å². The predicted octanol–water partition coefficient (Wildman–Crippen LogP) is 1.64. The molecular weight excluding hydrogens is 262 g/mol. The van der Waals surface area contributed by atoms with E-state index in [-0.39, 0.29) is 11.2 Å². The van der Waals surface area contributed by atoms with Crippen LogP contribution in [-0.4, -0.2) is 33.5 Å². The second kappa shape index (κ2) is 5.45. The molecule has 4 nitrogen and oxygen atoms in total. The lowest BCUT2D eigenvalue weighted by Crippen LogP contribution is -2.47. The van der Waals surface area contributed by atoms with Crippen molar-refractivity contribution in [1.29, 1.82) is 0 Å². The summed E-state index contributed by atoms with van der Waals surface area (Å²) in [5.41, 5.74) is 1.10. The van der Waals surface area contributed by atoms with Gasteiger partial charge in [-0.05, 0) is 11.5 Å². The fourth-order valence-corrected chi connectivity index (χ4v) is 2.30. The summed E-state index contributed by atoms with van der Waals surface area (Å²) in [7, 11) is -0.503. The predicted molar refractivity (Wildman–Crippen MR) is 72.1 cm³/mol. The van der Waals surface area contributed by atoms with Crippen LogP contribution in [0.25, 0.3) is 0 Å². The van der Waals surface area contributed by atoms with Crippen molar-refractivity contribution in [3.05, 3.63) is 29.6 Å². The average molecular weight is 280 g/mol. The molecule has 0 bridgehead atoms. The van der Waals surface area contributed by atoms with Crippen LogP contribution in [0.15, 0.2) is 18.2 Å². The van der Waals surface area contributed by atoms with Crippen LogP contribution in [-0.2, 0) is 18.8 Å². The minimum absolute atomic E-state index is 0.000509. The summed E-state index contributed by atoms with van der Waals surface area (Å²) in [6.45, 7) is 6.32. The monoisotopic (exact) mass is 280 g/mol. The first-order valence-corrected chi connectivity index (χ1v) is 6.81. The maximum atomic E-state index is 14.1.